The smallest absolute Gasteiger partial charge is 0.103 e. The van der Waals surface area contributed by atoms with Gasteiger partial charge in [-0.1, -0.05) is 6.92 Å². The molecule has 0 bridgehead atoms. The standard InChI is InChI=1S/C12H18N4/c1-5-10-12(16-9(4)14-10)6-11-7(2)13-8(3)15-11/h5-6H2,1-4H3,(H,13,15)(H,14,16). The lowest BCUT2D eigenvalue weighted by Crippen LogP contribution is -1.96. The maximum Gasteiger partial charge on any atom is 0.103 e. The third-order valence-electron chi connectivity index (χ3n) is 2.77. The monoisotopic (exact) mass is 218 g/mol. The number of aromatic amines is 2. The van der Waals surface area contributed by atoms with Crippen LogP contribution in [-0.4, -0.2) is 19.9 Å². The van der Waals surface area contributed by atoms with Crippen LogP contribution in [0.25, 0.3) is 0 Å². The number of aromatic nitrogens is 4. The molecule has 2 N–H and O–H groups in total. The Balaban J connectivity index is 2.29. The molecular formula is C12H18N4. The zero-order chi connectivity index (χ0) is 11.7. The number of imidazole rings is 2. The van der Waals surface area contributed by atoms with Gasteiger partial charge in [0, 0.05) is 17.8 Å². The molecule has 2 heterocycles. The molecule has 2 aromatic heterocycles. The molecule has 0 fully saturated rings. The summed E-state index contributed by atoms with van der Waals surface area (Å²) in [5.74, 6) is 1.96. The minimum absolute atomic E-state index is 0.834. The predicted molar refractivity (Wildman–Crippen MR) is 63.6 cm³/mol. The predicted octanol–water partition coefficient (Wildman–Crippen LogP) is 2.21. The summed E-state index contributed by atoms with van der Waals surface area (Å²) in [6, 6.07) is 0. The van der Waals surface area contributed by atoms with Crippen molar-refractivity contribution in [3.8, 4) is 0 Å². The zero-order valence-electron chi connectivity index (χ0n) is 10.3. The summed E-state index contributed by atoms with van der Waals surface area (Å²) in [6.45, 7) is 8.16. The van der Waals surface area contributed by atoms with Crippen molar-refractivity contribution in [2.75, 3.05) is 0 Å². The van der Waals surface area contributed by atoms with Gasteiger partial charge in [-0.25, -0.2) is 9.97 Å². The van der Waals surface area contributed by atoms with Gasteiger partial charge in [0.05, 0.1) is 11.4 Å². The molecule has 0 aliphatic rings. The second-order valence-corrected chi connectivity index (χ2v) is 4.17. The molecule has 0 spiro atoms. The molecule has 16 heavy (non-hydrogen) atoms. The second-order valence-electron chi connectivity index (χ2n) is 4.17. The first-order chi connectivity index (χ1) is 7.60. The number of H-pyrrole nitrogens is 2. The molecule has 0 aliphatic heterocycles. The Morgan fingerprint density at radius 2 is 1.56 bits per heavy atom. The molecule has 0 unspecified atom stereocenters. The average Bonchev–Trinajstić information content (AvgIpc) is 2.71. The molecule has 86 valence electrons. The highest BCUT2D eigenvalue weighted by Gasteiger charge is 2.11. The molecule has 0 saturated carbocycles. The minimum atomic E-state index is 0.834. The molecule has 0 atom stereocenters. The lowest BCUT2D eigenvalue weighted by Gasteiger charge is -1.98. The van der Waals surface area contributed by atoms with Gasteiger partial charge < -0.3 is 9.97 Å². The molecule has 4 nitrogen and oxygen atoms in total. The molecule has 4 heteroatoms. The van der Waals surface area contributed by atoms with Crippen molar-refractivity contribution >= 4 is 0 Å². The van der Waals surface area contributed by atoms with Crippen molar-refractivity contribution in [3.05, 3.63) is 34.4 Å². The largest absolute Gasteiger partial charge is 0.346 e. The summed E-state index contributed by atoms with van der Waals surface area (Å²) in [5.41, 5.74) is 4.59. The summed E-state index contributed by atoms with van der Waals surface area (Å²) in [6.07, 6.45) is 1.79. The zero-order valence-corrected chi connectivity index (χ0v) is 10.3. The molecule has 0 amide bonds. The summed E-state index contributed by atoms with van der Waals surface area (Å²) < 4.78 is 0. The Labute approximate surface area is 95.5 Å². The van der Waals surface area contributed by atoms with Gasteiger partial charge in [0.2, 0.25) is 0 Å². The van der Waals surface area contributed by atoms with E-state index in [0.29, 0.717) is 0 Å². The van der Waals surface area contributed by atoms with Crippen molar-refractivity contribution in [2.45, 2.75) is 40.5 Å². The van der Waals surface area contributed by atoms with E-state index in [2.05, 4.69) is 33.8 Å². The highest BCUT2D eigenvalue weighted by molar-refractivity contribution is 5.24. The number of nitrogens with zero attached hydrogens (tertiary/aromatic N) is 2. The van der Waals surface area contributed by atoms with E-state index in [1.165, 1.54) is 5.69 Å². The highest BCUT2D eigenvalue weighted by Crippen LogP contribution is 2.14. The van der Waals surface area contributed by atoms with Crippen LogP contribution in [0.15, 0.2) is 0 Å². The van der Waals surface area contributed by atoms with Crippen LogP contribution in [0.5, 0.6) is 0 Å². The fraction of sp³-hybridized carbons (Fsp3) is 0.500. The van der Waals surface area contributed by atoms with Crippen molar-refractivity contribution < 1.29 is 0 Å². The summed E-state index contributed by atoms with van der Waals surface area (Å²) in [5, 5.41) is 0. The Morgan fingerprint density at radius 3 is 2.12 bits per heavy atom. The normalized spacial score (nSPS) is 11.0. The van der Waals surface area contributed by atoms with E-state index in [1.54, 1.807) is 0 Å². The Bertz CT molecular complexity index is 493. The van der Waals surface area contributed by atoms with Crippen molar-refractivity contribution in [1.82, 2.24) is 19.9 Å². The van der Waals surface area contributed by atoms with Crippen LogP contribution < -0.4 is 0 Å². The van der Waals surface area contributed by atoms with E-state index < -0.39 is 0 Å². The van der Waals surface area contributed by atoms with Gasteiger partial charge in [0.25, 0.3) is 0 Å². The lowest BCUT2D eigenvalue weighted by atomic mass is 10.1. The summed E-state index contributed by atoms with van der Waals surface area (Å²) >= 11 is 0. The van der Waals surface area contributed by atoms with Gasteiger partial charge in [-0.05, 0) is 27.2 Å². The third kappa shape index (κ3) is 2.01. The van der Waals surface area contributed by atoms with E-state index in [4.69, 9.17) is 0 Å². The Morgan fingerprint density at radius 1 is 0.938 bits per heavy atom. The molecule has 0 aromatic carbocycles. The molecule has 2 aromatic rings. The molecule has 0 saturated heterocycles. The van der Waals surface area contributed by atoms with Gasteiger partial charge in [0.1, 0.15) is 11.6 Å². The van der Waals surface area contributed by atoms with Crippen molar-refractivity contribution in [1.29, 1.82) is 0 Å². The van der Waals surface area contributed by atoms with E-state index >= 15 is 0 Å². The Kier molecular flexibility index (Phi) is 2.81. The molecule has 2 rings (SSSR count). The number of nitrogens with one attached hydrogen (secondary N) is 2. The topological polar surface area (TPSA) is 57.4 Å². The SMILES string of the molecule is CCc1nc(C)[nH]c1Cc1nc(C)[nH]c1C. The number of hydrogen-bond donors (Lipinski definition) is 2. The number of aryl methyl sites for hydroxylation is 4. The van der Waals surface area contributed by atoms with Gasteiger partial charge in [-0.2, -0.15) is 0 Å². The van der Waals surface area contributed by atoms with Crippen LogP contribution in [0.4, 0.5) is 0 Å². The molecule has 0 radical (unpaired) electrons. The molecular weight excluding hydrogens is 200 g/mol. The second kappa shape index (κ2) is 4.12. The van der Waals surface area contributed by atoms with Crippen LogP contribution in [0, 0.1) is 20.8 Å². The maximum absolute atomic E-state index is 4.49. The first kappa shape index (κ1) is 10.9. The van der Waals surface area contributed by atoms with Gasteiger partial charge in [0.15, 0.2) is 0 Å². The van der Waals surface area contributed by atoms with E-state index in [-0.39, 0.29) is 0 Å². The minimum Gasteiger partial charge on any atom is -0.346 e. The lowest BCUT2D eigenvalue weighted by molar-refractivity contribution is 0.968. The van der Waals surface area contributed by atoms with Gasteiger partial charge >= 0.3 is 0 Å². The summed E-state index contributed by atoms with van der Waals surface area (Å²) in [4.78, 5) is 15.5. The van der Waals surface area contributed by atoms with E-state index in [9.17, 15) is 0 Å². The molecule has 0 aliphatic carbocycles. The fourth-order valence-corrected chi connectivity index (χ4v) is 2.02. The van der Waals surface area contributed by atoms with Crippen LogP contribution in [0.1, 0.15) is 41.3 Å². The quantitative estimate of drug-likeness (QED) is 0.829. The number of hydrogen-bond acceptors (Lipinski definition) is 2. The van der Waals surface area contributed by atoms with Crippen molar-refractivity contribution in [3.63, 3.8) is 0 Å². The van der Waals surface area contributed by atoms with Crippen LogP contribution in [0.2, 0.25) is 0 Å². The van der Waals surface area contributed by atoms with Crippen LogP contribution >= 0.6 is 0 Å². The average molecular weight is 218 g/mol. The first-order valence-corrected chi connectivity index (χ1v) is 5.66. The first-order valence-electron chi connectivity index (χ1n) is 5.66. The van der Waals surface area contributed by atoms with Crippen LogP contribution in [0.3, 0.4) is 0 Å². The number of rotatable bonds is 3. The Hall–Kier alpha value is -1.58. The van der Waals surface area contributed by atoms with Gasteiger partial charge in [-0.3, -0.25) is 0 Å². The van der Waals surface area contributed by atoms with E-state index in [1.807, 2.05) is 13.8 Å². The van der Waals surface area contributed by atoms with E-state index in [0.717, 1.165) is 41.6 Å². The summed E-state index contributed by atoms with van der Waals surface area (Å²) in [7, 11) is 0. The third-order valence-corrected chi connectivity index (χ3v) is 2.77. The fourth-order valence-electron chi connectivity index (χ4n) is 2.02. The maximum atomic E-state index is 4.49. The van der Waals surface area contributed by atoms with Crippen molar-refractivity contribution in [2.24, 2.45) is 0 Å². The van der Waals surface area contributed by atoms with Crippen LogP contribution in [-0.2, 0) is 12.8 Å². The van der Waals surface area contributed by atoms with Gasteiger partial charge in [-0.15, -0.1) is 0 Å². The highest BCUT2D eigenvalue weighted by atomic mass is 15.0.